The Kier molecular flexibility index (Phi) is 3.43. The number of benzene rings is 1. The largest absolute Gasteiger partial charge is 0.398 e. The van der Waals surface area contributed by atoms with E-state index in [2.05, 4.69) is 0 Å². The summed E-state index contributed by atoms with van der Waals surface area (Å²) >= 11 is 5.99. The topological polar surface area (TPSA) is 68.3 Å². The van der Waals surface area contributed by atoms with Crippen LogP contribution in [0.3, 0.4) is 0 Å². The molecular formula is C15H14ClN3O2. The Morgan fingerprint density at radius 3 is 2.76 bits per heavy atom. The van der Waals surface area contributed by atoms with E-state index in [4.69, 9.17) is 17.3 Å². The molecule has 0 aliphatic carbocycles. The predicted octanol–water partition coefficient (Wildman–Crippen LogP) is 1.67. The maximum atomic E-state index is 12.1. The van der Waals surface area contributed by atoms with Gasteiger partial charge in [0.15, 0.2) is 0 Å². The van der Waals surface area contributed by atoms with Gasteiger partial charge in [-0.3, -0.25) is 9.59 Å². The summed E-state index contributed by atoms with van der Waals surface area (Å²) in [4.78, 5) is 25.5. The molecule has 108 valence electrons. The van der Waals surface area contributed by atoms with Crippen molar-refractivity contribution in [1.82, 2.24) is 4.57 Å². The molecule has 1 aromatic carbocycles. The lowest BCUT2D eigenvalue weighted by atomic mass is 10.2. The van der Waals surface area contributed by atoms with Gasteiger partial charge in [0.25, 0.3) is 5.56 Å². The van der Waals surface area contributed by atoms with E-state index in [0.29, 0.717) is 30.2 Å². The third-order valence-electron chi connectivity index (χ3n) is 3.55. The molecule has 5 nitrogen and oxygen atoms in total. The van der Waals surface area contributed by atoms with Crippen molar-refractivity contribution >= 4 is 28.9 Å². The summed E-state index contributed by atoms with van der Waals surface area (Å²) < 4.78 is 1.51. The third kappa shape index (κ3) is 2.64. The van der Waals surface area contributed by atoms with E-state index in [9.17, 15) is 9.59 Å². The Hall–Kier alpha value is -2.27. The number of nitrogens with zero attached hydrogens (tertiary/aromatic N) is 2. The van der Waals surface area contributed by atoms with Gasteiger partial charge in [0.1, 0.15) is 0 Å². The zero-order valence-electron chi connectivity index (χ0n) is 11.3. The number of nitrogen functional groups attached to an aromatic ring is 1. The summed E-state index contributed by atoms with van der Waals surface area (Å²) in [6, 6.07) is 8.41. The fourth-order valence-electron chi connectivity index (χ4n) is 2.51. The first-order valence-electron chi connectivity index (χ1n) is 6.59. The van der Waals surface area contributed by atoms with Crippen LogP contribution in [0.5, 0.6) is 0 Å². The van der Waals surface area contributed by atoms with Crippen molar-refractivity contribution in [2.75, 3.05) is 17.2 Å². The molecule has 1 aliphatic heterocycles. The summed E-state index contributed by atoms with van der Waals surface area (Å²) in [6.07, 6.45) is 1.96. The molecule has 0 bridgehead atoms. The van der Waals surface area contributed by atoms with Crippen LogP contribution in [0.15, 0.2) is 41.3 Å². The molecule has 3 rings (SSSR count). The van der Waals surface area contributed by atoms with Gasteiger partial charge in [0, 0.05) is 41.8 Å². The van der Waals surface area contributed by atoms with E-state index in [-0.39, 0.29) is 11.5 Å². The van der Waals surface area contributed by atoms with Crippen LogP contribution in [0.4, 0.5) is 11.4 Å². The van der Waals surface area contributed by atoms with E-state index < -0.39 is 0 Å². The molecule has 0 unspecified atom stereocenters. The number of pyridine rings is 1. The van der Waals surface area contributed by atoms with Gasteiger partial charge in [-0.15, -0.1) is 0 Å². The fraction of sp³-hybridized carbons (Fsp3) is 0.200. The molecule has 0 atom stereocenters. The van der Waals surface area contributed by atoms with Gasteiger partial charge in [0.2, 0.25) is 5.91 Å². The summed E-state index contributed by atoms with van der Waals surface area (Å²) in [6.45, 7) is 0.803. The van der Waals surface area contributed by atoms with E-state index >= 15 is 0 Å². The maximum absolute atomic E-state index is 12.1. The Bertz CT molecular complexity index is 770. The fourth-order valence-corrected chi connectivity index (χ4v) is 2.67. The molecule has 1 aromatic heterocycles. The zero-order valence-corrected chi connectivity index (χ0v) is 12.0. The number of rotatable bonds is 3. The second kappa shape index (κ2) is 5.26. The summed E-state index contributed by atoms with van der Waals surface area (Å²) in [5, 5.41) is 0.592. The molecule has 2 aromatic rings. The second-order valence-corrected chi connectivity index (χ2v) is 5.43. The molecule has 0 fully saturated rings. The quantitative estimate of drug-likeness (QED) is 0.938. The minimum Gasteiger partial charge on any atom is -0.398 e. The van der Waals surface area contributed by atoms with Gasteiger partial charge in [-0.2, -0.15) is 0 Å². The average molecular weight is 304 g/mol. The van der Waals surface area contributed by atoms with E-state index in [1.165, 1.54) is 10.6 Å². The maximum Gasteiger partial charge on any atom is 0.250 e. The molecule has 1 amide bonds. The van der Waals surface area contributed by atoms with Crippen molar-refractivity contribution in [3.63, 3.8) is 0 Å². The highest BCUT2D eigenvalue weighted by atomic mass is 35.5. The van der Waals surface area contributed by atoms with Crippen molar-refractivity contribution in [3.05, 3.63) is 57.5 Å². The minimum atomic E-state index is -0.137. The first-order valence-corrected chi connectivity index (χ1v) is 6.97. The summed E-state index contributed by atoms with van der Waals surface area (Å²) in [5.41, 5.74) is 7.85. The lowest BCUT2D eigenvalue weighted by Gasteiger charge is -2.18. The SMILES string of the molecule is Nc1ccc(=O)n(CCN2C(=O)Cc3ccc(Cl)cc32)c1. The van der Waals surface area contributed by atoms with Gasteiger partial charge in [-0.1, -0.05) is 17.7 Å². The minimum absolute atomic E-state index is 0.0178. The van der Waals surface area contributed by atoms with Crippen LogP contribution < -0.4 is 16.2 Å². The van der Waals surface area contributed by atoms with Crippen LogP contribution in [-0.2, 0) is 17.8 Å². The molecule has 2 N–H and O–H groups in total. The molecule has 0 spiro atoms. The Labute approximate surface area is 126 Å². The summed E-state index contributed by atoms with van der Waals surface area (Å²) in [5.74, 6) is 0.0178. The van der Waals surface area contributed by atoms with E-state index in [1.807, 2.05) is 6.07 Å². The smallest absolute Gasteiger partial charge is 0.250 e. The van der Waals surface area contributed by atoms with Crippen molar-refractivity contribution in [2.24, 2.45) is 0 Å². The van der Waals surface area contributed by atoms with Crippen LogP contribution in [-0.4, -0.2) is 17.0 Å². The Balaban J connectivity index is 1.83. The number of nitrogens with two attached hydrogens (primary N) is 1. The van der Waals surface area contributed by atoms with Crippen LogP contribution in [0.2, 0.25) is 5.02 Å². The number of anilines is 2. The van der Waals surface area contributed by atoms with Gasteiger partial charge in [0.05, 0.1) is 6.42 Å². The number of fused-ring (bicyclic) bond motifs is 1. The third-order valence-corrected chi connectivity index (χ3v) is 3.79. The van der Waals surface area contributed by atoms with Crippen LogP contribution >= 0.6 is 11.6 Å². The highest BCUT2D eigenvalue weighted by Gasteiger charge is 2.26. The van der Waals surface area contributed by atoms with Crippen molar-refractivity contribution in [2.45, 2.75) is 13.0 Å². The van der Waals surface area contributed by atoms with Gasteiger partial charge in [-0.05, 0) is 23.8 Å². The average Bonchev–Trinajstić information content (AvgIpc) is 2.75. The molecule has 1 aliphatic rings. The van der Waals surface area contributed by atoms with Crippen molar-refractivity contribution in [3.8, 4) is 0 Å². The zero-order chi connectivity index (χ0) is 15.0. The highest BCUT2D eigenvalue weighted by Crippen LogP contribution is 2.31. The molecule has 0 radical (unpaired) electrons. The number of hydrogen-bond acceptors (Lipinski definition) is 3. The number of carbonyl (C=O) groups excluding carboxylic acids is 1. The number of halogens is 1. The van der Waals surface area contributed by atoms with Crippen molar-refractivity contribution < 1.29 is 4.79 Å². The Morgan fingerprint density at radius 2 is 1.95 bits per heavy atom. The van der Waals surface area contributed by atoms with Gasteiger partial charge in [-0.25, -0.2) is 0 Å². The predicted molar refractivity (Wildman–Crippen MR) is 82.6 cm³/mol. The number of aromatic nitrogens is 1. The number of hydrogen-bond donors (Lipinski definition) is 1. The van der Waals surface area contributed by atoms with Gasteiger partial charge < -0.3 is 15.2 Å². The molecule has 21 heavy (non-hydrogen) atoms. The highest BCUT2D eigenvalue weighted by molar-refractivity contribution is 6.31. The van der Waals surface area contributed by atoms with Crippen molar-refractivity contribution in [1.29, 1.82) is 0 Å². The molecule has 0 saturated carbocycles. The lowest BCUT2D eigenvalue weighted by molar-refractivity contribution is -0.117. The summed E-state index contributed by atoms with van der Waals surface area (Å²) in [7, 11) is 0. The Morgan fingerprint density at radius 1 is 1.14 bits per heavy atom. The standard InChI is InChI=1S/C15H14ClN3O2/c16-11-2-1-10-7-15(21)19(13(10)8-11)6-5-18-9-12(17)3-4-14(18)20/h1-4,8-9H,5-7,17H2. The van der Waals surface area contributed by atoms with Crippen LogP contribution in [0, 0.1) is 0 Å². The van der Waals surface area contributed by atoms with Gasteiger partial charge >= 0.3 is 0 Å². The van der Waals surface area contributed by atoms with Crippen LogP contribution in [0.1, 0.15) is 5.56 Å². The normalized spacial score (nSPS) is 13.6. The first-order chi connectivity index (χ1) is 10.0. The number of amides is 1. The first kappa shape index (κ1) is 13.7. The van der Waals surface area contributed by atoms with E-state index in [0.717, 1.165) is 11.3 Å². The monoisotopic (exact) mass is 303 g/mol. The molecule has 0 saturated heterocycles. The lowest BCUT2D eigenvalue weighted by Crippen LogP contribution is -2.33. The molecule has 6 heteroatoms. The van der Waals surface area contributed by atoms with Crippen LogP contribution in [0.25, 0.3) is 0 Å². The number of carbonyl (C=O) groups is 1. The molecule has 2 heterocycles. The van der Waals surface area contributed by atoms with E-state index in [1.54, 1.807) is 29.3 Å². The molecular weight excluding hydrogens is 290 g/mol. The second-order valence-electron chi connectivity index (χ2n) is 4.99.